The Balaban J connectivity index is 1.51. The topological polar surface area (TPSA) is 85.4 Å². The second-order valence-electron chi connectivity index (χ2n) is 6.04. The molecule has 0 spiro atoms. The van der Waals surface area contributed by atoms with Crippen LogP contribution in [0.15, 0.2) is 36.5 Å². The zero-order valence-corrected chi connectivity index (χ0v) is 15.7. The van der Waals surface area contributed by atoms with Gasteiger partial charge < -0.3 is 20.1 Å². The van der Waals surface area contributed by atoms with Crippen LogP contribution in [0.3, 0.4) is 0 Å². The smallest absolute Gasteiger partial charge is 0.267 e. The molecule has 0 radical (unpaired) electrons. The summed E-state index contributed by atoms with van der Waals surface area (Å²) in [7, 11) is 0. The number of fused-ring (bicyclic) bond motifs is 1. The summed E-state index contributed by atoms with van der Waals surface area (Å²) in [5.74, 6) is 1.83. The zero-order chi connectivity index (χ0) is 18.8. The number of aromatic nitrogens is 2. The number of carbonyl (C=O) groups is 1. The van der Waals surface area contributed by atoms with Crippen molar-refractivity contribution in [2.45, 2.75) is 13.8 Å². The highest BCUT2D eigenvalue weighted by atomic mass is 32.1. The van der Waals surface area contributed by atoms with E-state index in [0.29, 0.717) is 46.1 Å². The molecule has 1 aliphatic heterocycles. The second kappa shape index (κ2) is 7.24. The molecule has 0 aliphatic carbocycles. The number of benzene rings is 1. The zero-order valence-electron chi connectivity index (χ0n) is 14.9. The first-order chi connectivity index (χ1) is 13.1. The number of amides is 1. The third-order valence-electron chi connectivity index (χ3n) is 4.04. The molecule has 1 aliphatic rings. The molecule has 1 amide bonds. The molecule has 138 valence electrons. The van der Waals surface area contributed by atoms with Gasteiger partial charge in [0.05, 0.1) is 5.69 Å². The van der Waals surface area contributed by atoms with Gasteiger partial charge in [0.2, 0.25) is 0 Å². The molecule has 0 unspecified atom stereocenters. The first-order valence-corrected chi connectivity index (χ1v) is 9.29. The van der Waals surface area contributed by atoms with E-state index in [9.17, 15) is 4.79 Å². The Bertz CT molecular complexity index is 1000. The fourth-order valence-electron chi connectivity index (χ4n) is 2.69. The van der Waals surface area contributed by atoms with Crippen molar-refractivity contribution in [3.63, 3.8) is 0 Å². The SMILES string of the molecule is Cc1cccnc1Nc1nc(C)c(C(=O)Nc2ccc3c(c2)OCCO3)s1. The van der Waals surface area contributed by atoms with Gasteiger partial charge in [0.1, 0.15) is 23.9 Å². The van der Waals surface area contributed by atoms with Crippen LogP contribution in [0, 0.1) is 13.8 Å². The van der Waals surface area contributed by atoms with E-state index < -0.39 is 0 Å². The lowest BCUT2D eigenvalue weighted by Gasteiger charge is -2.18. The fourth-order valence-corrected chi connectivity index (χ4v) is 3.55. The number of nitrogens with zero attached hydrogens (tertiary/aromatic N) is 2. The highest BCUT2D eigenvalue weighted by Crippen LogP contribution is 2.33. The molecule has 0 fully saturated rings. The Morgan fingerprint density at radius 3 is 2.78 bits per heavy atom. The quantitative estimate of drug-likeness (QED) is 0.711. The molecule has 1 aromatic carbocycles. The second-order valence-corrected chi connectivity index (χ2v) is 7.04. The molecule has 3 heterocycles. The molecule has 8 heteroatoms. The van der Waals surface area contributed by atoms with Gasteiger partial charge in [0, 0.05) is 18.0 Å². The van der Waals surface area contributed by atoms with Gasteiger partial charge in [-0.2, -0.15) is 0 Å². The number of pyridine rings is 1. The summed E-state index contributed by atoms with van der Waals surface area (Å²) >= 11 is 1.29. The van der Waals surface area contributed by atoms with Crippen LogP contribution in [0.4, 0.5) is 16.6 Å². The maximum absolute atomic E-state index is 12.7. The van der Waals surface area contributed by atoms with E-state index in [4.69, 9.17) is 9.47 Å². The van der Waals surface area contributed by atoms with Gasteiger partial charge in [-0.05, 0) is 37.6 Å². The van der Waals surface area contributed by atoms with E-state index in [1.165, 1.54) is 11.3 Å². The van der Waals surface area contributed by atoms with Gasteiger partial charge in [-0.3, -0.25) is 4.79 Å². The maximum Gasteiger partial charge on any atom is 0.267 e. The Morgan fingerprint density at radius 2 is 1.96 bits per heavy atom. The molecule has 0 bridgehead atoms. The summed E-state index contributed by atoms with van der Waals surface area (Å²) < 4.78 is 11.1. The average Bonchev–Trinajstić information content (AvgIpc) is 3.04. The van der Waals surface area contributed by atoms with Crippen LogP contribution in [0.2, 0.25) is 0 Å². The van der Waals surface area contributed by atoms with Gasteiger partial charge >= 0.3 is 0 Å². The Kier molecular flexibility index (Phi) is 4.64. The normalized spacial score (nSPS) is 12.5. The lowest BCUT2D eigenvalue weighted by atomic mass is 10.2. The Labute approximate surface area is 160 Å². The summed E-state index contributed by atoms with van der Waals surface area (Å²) in [6.07, 6.45) is 1.71. The van der Waals surface area contributed by atoms with Crippen LogP contribution in [-0.4, -0.2) is 29.1 Å². The summed E-state index contributed by atoms with van der Waals surface area (Å²) in [6, 6.07) is 9.18. The molecule has 0 atom stereocenters. The van der Waals surface area contributed by atoms with E-state index >= 15 is 0 Å². The molecule has 0 saturated carbocycles. The van der Waals surface area contributed by atoms with Crippen molar-refractivity contribution in [3.05, 3.63) is 52.7 Å². The van der Waals surface area contributed by atoms with E-state index in [1.54, 1.807) is 24.4 Å². The van der Waals surface area contributed by atoms with Gasteiger partial charge in [-0.15, -0.1) is 0 Å². The van der Waals surface area contributed by atoms with Crippen molar-refractivity contribution in [3.8, 4) is 11.5 Å². The molecule has 2 aromatic heterocycles. The largest absolute Gasteiger partial charge is 0.486 e. The number of aryl methyl sites for hydroxylation is 2. The Hall–Kier alpha value is -3.13. The lowest BCUT2D eigenvalue weighted by molar-refractivity contribution is 0.102. The molecular weight excluding hydrogens is 364 g/mol. The summed E-state index contributed by atoms with van der Waals surface area (Å²) in [4.78, 5) is 22.0. The number of nitrogens with one attached hydrogen (secondary N) is 2. The van der Waals surface area contributed by atoms with Crippen molar-refractivity contribution in [2.75, 3.05) is 23.8 Å². The molecular formula is C19H18N4O3S. The number of thiazole rings is 1. The number of anilines is 3. The van der Waals surface area contributed by atoms with Gasteiger partial charge in [-0.25, -0.2) is 9.97 Å². The number of ether oxygens (including phenoxy) is 2. The van der Waals surface area contributed by atoms with Crippen LogP contribution in [-0.2, 0) is 0 Å². The fraction of sp³-hybridized carbons (Fsp3) is 0.211. The maximum atomic E-state index is 12.7. The number of hydrogen-bond donors (Lipinski definition) is 2. The standard InChI is InChI=1S/C19H18N4O3S/c1-11-4-3-7-20-17(11)23-19-21-12(2)16(27-19)18(24)22-13-5-6-14-15(10-13)26-9-8-25-14/h3-7,10H,8-9H2,1-2H3,(H,22,24)(H,20,21,23). The number of hydrogen-bond acceptors (Lipinski definition) is 7. The van der Waals surface area contributed by atoms with Crippen LogP contribution in [0.5, 0.6) is 11.5 Å². The van der Waals surface area contributed by atoms with Crippen molar-refractivity contribution in [1.82, 2.24) is 9.97 Å². The average molecular weight is 382 g/mol. The highest BCUT2D eigenvalue weighted by molar-refractivity contribution is 7.17. The molecule has 2 N–H and O–H groups in total. The van der Waals surface area contributed by atoms with Crippen molar-refractivity contribution in [2.24, 2.45) is 0 Å². The summed E-state index contributed by atoms with van der Waals surface area (Å²) in [5, 5.41) is 6.69. The lowest BCUT2D eigenvalue weighted by Crippen LogP contribution is -2.16. The van der Waals surface area contributed by atoms with Gasteiger partial charge in [0.15, 0.2) is 16.6 Å². The monoisotopic (exact) mass is 382 g/mol. The van der Waals surface area contributed by atoms with Crippen LogP contribution < -0.4 is 20.1 Å². The van der Waals surface area contributed by atoms with Crippen LogP contribution in [0.1, 0.15) is 20.9 Å². The minimum Gasteiger partial charge on any atom is -0.486 e. The predicted molar refractivity (Wildman–Crippen MR) is 104 cm³/mol. The predicted octanol–water partition coefficient (Wildman–Crippen LogP) is 3.92. The molecule has 7 nitrogen and oxygen atoms in total. The third kappa shape index (κ3) is 3.70. The van der Waals surface area contributed by atoms with E-state index in [0.717, 1.165) is 11.4 Å². The minimum absolute atomic E-state index is 0.215. The first-order valence-electron chi connectivity index (χ1n) is 8.47. The van der Waals surface area contributed by atoms with Gasteiger partial charge in [0.25, 0.3) is 5.91 Å². The van der Waals surface area contributed by atoms with Crippen molar-refractivity contribution in [1.29, 1.82) is 0 Å². The van der Waals surface area contributed by atoms with Crippen molar-refractivity contribution >= 4 is 33.9 Å². The molecule has 0 saturated heterocycles. The summed E-state index contributed by atoms with van der Waals surface area (Å²) in [5.41, 5.74) is 2.31. The van der Waals surface area contributed by atoms with Crippen LogP contribution >= 0.6 is 11.3 Å². The van der Waals surface area contributed by atoms with E-state index in [2.05, 4.69) is 20.6 Å². The minimum atomic E-state index is -0.215. The molecule has 27 heavy (non-hydrogen) atoms. The third-order valence-corrected chi connectivity index (χ3v) is 5.11. The number of rotatable bonds is 4. The van der Waals surface area contributed by atoms with Crippen LogP contribution in [0.25, 0.3) is 0 Å². The number of carbonyl (C=O) groups excluding carboxylic acids is 1. The van der Waals surface area contributed by atoms with E-state index in [1.807, 2.05) is 26.0 Å². The van der Waals surface area contributed by atoms with Gasteiger partial charge in [-0.1, -0.05) is 17.4 Å². The highest BCUT2D eigenvalue weighted by Gasteiger charge is 2.18. The molecule has 4 rings (SSSR count). The molecule has 3 aromatic rings. The summed E-state index contributed by atoms with van der Waals surface area (Å²) in [6.45, 7) is 4.81. The van der Waals surface area contributed by atoms with E-state index in [-0.39, 0.29) is 5.91 Å². The van der Waals surface area contributed by atoms with Crippen molar-refractivity contribution < 1.29 is 14.3 Å². The Morgan fingerprint density at radius 1 is 1.15 bits per heavy atom. The first kappa shape index (κ1) is 17.3.